The predicted octanol–water partition coefficient (Wildman–Crippen LogP) is 1.27. The Balaban J connectivity index is 2.06. The van der Waals surface area contributed by atoms with Crippen molar-refractivity contribution in [3.8, 4) is 0 Å². The highest BCUT2D eigenvalue weighted by Crippen LogP contribution is 2.34. The summed E-state index contributed by atoms with van der Waals surface area (Å²) in [6.45, 7) is 1.08. The minimum Gasteiger partial charge on any atom is -0.371 e. The largest absolute Gasteiger partial charge is 0.371 e. The van der Waals surface area contributed by atoms with E-state index in [1.165, 1.54) is 4.90 Å². The highest BCUT2D eigenvalue weighted by Gasteiger charge is 2.40. The summed E-state index contributed by atoms with van der Waals surface area (Å²) >= 11 is 5.92. The van der Waals surface area contributed by atoms with Crippen molar-refractivity contribution in [3.05, 3.63) is 28.8 Å². The number of nitrogens with zero attached hydrogens (tertiary/aromatic N) is 1. The molecule has 2 aliphatic rings. The zero-order valence-corrected chi connectivity index (χ0v) is 9.03. The van der Waals surface area contributed by atoms with Gasteiger partial charge in [0.2, 0.25) is 0 Å². The van der Waals surface area contributed by atoms with Gasteiger partial charge >= 0.3 is 0 Å². The molecule has 0 spiro atoms. The average Bonchev–Trinajstić information content (AvgIpc) is 3.03. The number of ketones is 1. The van der Waals surface area contributed by atoms with Crippen LogP contribution in [0.2, 0.25) is 5.02 Å². The molecular weight excluding hydrogens is 230 g/mol. The van der Waals surface area contributed by atoms with Gasteiger partial charge in [0.05, 0.1) is 35.5 Å². The van der Waals surface area contributed by atoms with Gasteiger partial charge in [-0.05, 0) is 12.1 Å². The molecule has 1 aromatic carbocycles. The van der Waals surface area contributed by atoms with Gasteiger partial charge in [0.15, 0.2) is 0 Å². The second-order valence-electron chi connectivity index (χ2n) is 3.83. The van der Waals surface area contributed by atoms with Gasteiger partial charge in [0.25, 0.3) is 11.7 Å². The summed E-state index contributed by atoms with van der Waals surface area (Å²) in [5.74, 6) is -1.04. The first-order valence-electron chi connectivity index (χ1n) is 4.95. The van der Waals surface area contributed by atoms with E-state index in [1.54, 1.807) is 18.2 Å². The fourth-order valence-electron chi connectivity index (χ4n) is 1.86. The van der Waals surface area contributed by atoms with Gasteiger partial charge in [-0.2, -0.15) is 0 Å². The van der Waals surface area contributed by atoms with Crippen LogP contribution in [0.3, 0.4) is 0 Å². The molecule has 1 amide bonds. The van der Waals surface area contributed by atoms with Crippen LogP contribution < -0.4 is 4.90 Å². The molecule has 4 nitrogen and oxygen atoms in total. The zero-order chi connectivity index (χ0) is 11.3. The van der Waals surface area contributed by atoms with E-state index in [9.17, 15) is 9.59 Å². The maximum Gasteiger partial charge on any atom is 0.299 e. The van der Waals surface area contributed by atoms with Crippen LogP contribution in [-0.4, -0.2) is 30.9 Å². The van der Waals surface area contributed by atoms with Crippen LogP contribution in [0.15, 0.2) is 18.2 Å². The fraction of sp³-hybridized carbons (Fsp3) is 0.273. The van der Waals surface area contributed by atoms with E-state index in [1.807, 2.05) is 0 Å². The first-order valence-corrected chi connectivity index (χ1v) is 5.32. The number of fused-ring (bicyclic) bond motifs is 1. The molecule has 5 heteroatoms. The SMILES string of the molecule is O=C1C(=O)N(CC2CO2)c2cccc(Cl)c21. The third-order valence-electron chi connectivity index (χ3n) is 2.74. The van der Waals surface area contributed by atoms with Crippen molar-refractivity contribution in [1.82, 2.24) is 0 Å². The van der Waals surface area contributed by atoms with Crippen molar-refractivity contribution >= 4 is 29.0 Å². The highest BCUT2D eigenvalue weighted by molar-refractivity contribution is 6.55. The van der Waals surface area contributed by atoms with Crippen molar-refractivity contribution in [2.24, 2.45) is 0 Å². The van der Waals surface area contributed by atoms with Crippen LogP contribution in [0.4, 0.5) is 5.69 Å². The lowest BCUT2D eigenvalue weighted by Gasteiger charge is -2.14. The average molecular weight is 238 g/mol. The smallest absolute Gasteiger partial charge is 0.299 e. The number of halogens is 1. The molecule has 1 unspecified atom stereocenters. The Morgan fingerprint density at radius 2 is 2.19 bits per heavy atom. The summed E-state index contributed by atoms with van der Waals surface area (Å²) < 4.78 is 5.06. The second kappa shape index (κ2) is 3.30. The number of hydrogen-bond acceptors (Lipinski definition) is 3. The molecule has 2 aliphatic heterocycles. The van der Waals surface area contributed by atoms with Crippen LogP contribution >= 0.6 is 11.6 Å². The lowest BCUT2D eigenvalue weighted by molar-refractivity contribution is -0.114. The van der Waals surface area contributed by atoms with E-state index in [0.717, 1.165) is 0 Å². The quantitative estimate of drug-likeness (QED) is 0.575. The second-order valence-corrected chi connectivity index (χ2v) is 4.24. The minimum absolute atomic E-state index is 0.0571. The maximum absolute atomic E-state index is 11.7. The van der Waals surface area contributed by atoms with Crippen LogP contribution in [0.5, 0.6) is 0 Å². The molecule has 1 atom stereocenters. The van der Waals surface area contributed by atoms with Gasteiger partial charge in [-0.25, -0.2) is 0 Å². The molecule has 0 aromatic heterocycles. The third kappa shape index (κ3) is 1.34. The highest BCUT2D eigenvalue weighted by atomic mass is 35.5. The Hall–Kier alpha value is -1.39. The molecule has 0 saturated carbocycles. The van der Waals surface area contributed by atoms with Crippen molar-refractivity contribution in [2.45, 2.75) is 6.10 Å². The maximum atomic E-state index is 11.7. The van der Waals surface area contributed by atoms with Crippen molar-refractivity contribution in [3.63, 3.8) is 0 Å². The van der Waals surface area contributed by atoms with Gasteiger partial charge in [-0.1, -0.05) is 17.7 Å². The molecule has 2 heterocycles. The molecule has 0 N–H and O–H groups in total. The van der Waals surface area contributed by atoms with Crippen LogP contribution in [0.1, 0.15) is 10.4 Å². The summed E-state index contributed by atoms with van der Waals surface area (Å²) in [5.41, 5.74) is 0.910. The lowest BCUT2D eigenvalue weighted by Crippen LogP contribution is -2.33. The van der Waals surface area contributed by atoms with Crippen molar-refractivity contribution < 1.29 is 14.3 Å². The Bertz CT molecular complexity index is 496. The van der Waals surface area contributed by atoms with Crippen molar-refractivity contribution in [2.75, 3.05) is 18.1 Å². The summed E-state index contributed by atoms with van der Waals surface area (Å²) in [5, 5.41) is 0.329. The van der Waals surface area contributed by atoms with Crippen LogP contribution in [-0.2, 0) is 9.53 Å². The summed E-state index contributed by atoms with van der Waals surface area (Å²) in [4.78, 5) is 24.9. The van der Waals surface area contributed by atoms with Crippen molar-refractivity contribution in [1.29, 1.82) is 0 Å². The van der Waals surface area contributed by atoms with Gasteiger partial charge in [-0.3, -0.25) is 9.59 Å². The molecule has 3 rings (SSSR count). The Labute approximate surface area is 96.7 Å². The predicted molar refractivity (Wildman–Crippen MR) is 57.9 cm³/mol. The van der Waals surface area contributed by atoms with E-state index in [-0.39, 0.29) is 6.10 Å². The topological polar surface area (TPSA) is 49.9 Å². The summed E-state index contributed by atoms with van der Waals surface area (Å²) in [6.07, 6.45) is 0.0571. The van der Waals surface area contributed by atoms with E-state index < -0.39 is 11.7 Å². The first-order chi connectivity index (χ1) is 7.68. The lowest BCUT2D eigenvalue weighted by atomic mass is 10.1. The number of amides is 1. The molecule has 0 bridgehead atoms. The van der Waals surface area contributed by atoms with E-state index in [0.29, 0.717) is 29.4 Å². The first kappa shape index (κ1) is 9.81. The number of carbonyl (C=O) groups excluding carboxylic acids is 2. The standard InChI is InChI=1S/C11H8ClNO3/c12-7-2-1-3-8-9(7)10(14)11(15)13(8)4-6-5-16-6/h1-3,6H,4-5H2. The molecule has 0 radical (unpaired) electrons. The number of ether oxygens (including phenoxy) is 1. The normalized spacial score (nSPS) is 22.6. The van der Waals surface area contributed by atoms with E-state index in [2.05, 4.69) is 0 Å². The number of benzene rings is 1. The number of carbonyl (C=O) groups is 2. The number of epoxide rings is 1. The van der Waals surface area contributed by atoms with Crippen LogP contribution in [0.25, 0.3) is 0 Å². The summed E-state index contributed by atoms with van der Waals surface area (Å²) in [7, 11) is 0. The van der Waals surface area contributed by atoms with E-state index >= 15 is 0 Å². The number of anilines is 1. The molecule has 1 saturated heterocycles. The Kier molecular flexibility index (Phi) is 2.02. The van der Waals surface area contributed by atoms with Gasteiger partial charge in [0, 0.05) is 0 Å². The Morgan fingerprint density at radius 3 is 2.88 bits per heavy atom. The third-order valence-corrected chi connectivity index (χ3v) is 3.05. The molecule has 82 valence electrons. The Morgan fingerprint density at radius 1 is 1.44 bits per heavy atom. The van der Waals surface area contributed by atoms with Gasteiger partial charge < -0.3 is 9.64 Å². The number of hydrogen-bond donors (Lipinski definition) is 0. The zero-order valence-electron chi connectivity index (χ0n) is 8.27. The number of Topliss-reactive ketones (excluding diaryl/α,β-unsaturated/α-hetero) is 1. The van der Waals surface area contributed by atoms with Gasteiger partial charge in [-0.15, -0.1) is 0 Å². The van der Waals surface area contributed by atoms with Gasteiger partial charge in [0.1, 0.15) is 0 Å². The molecule has 0 aliphatic carbocycles. The monoisotopic (exact) mass is 237 g/mol. The summed E-state index contributed by atoms with van der Waals surface area (Å²) in [6, 6.07) is 5.07. The molecule has 1 aromatic rings. The minimum atomic E-state index is -0.527. The number of rotatable bonds is 2. The van der Waals surface area contributed by atoms with Crippen LogP contribution in [0, 0.1) is 0 Å². The molecular formula is C11H8ClNO3. The fourth-order valence-corrected chi connectivity index (χ4v) is 2.12. The molecule has 16 heavy (non-hydrogen) atoms. The van der Waals surface area contributed by atoms with E-state index in [4.69, 9.17) is 16.3 Å². The molecule has 1 fully saturated rings.